The number of benzene rings is 1. The van der Waals surface area contributed by atoms with E-state index in [-0.39, 0.29) is 0 Å². The molecule has 0 amide bonds. The highest BCUT2D eigenvalue weighted by molar-refractivity contribution is 7.71. The van der Waals surface area contributed by atoms with Crippen molar-refractivity contribution in [3.63, 3.8) is 0 Å². The lowest BCUT2D eigenvalue weighted by molar-refractivity contribution is 0.172. The van der Waals surface area contributed by atoms with Crippen molar-refractivity contribution in [3.05, 3.63) is 16.9 Å². The van der Waals surface area contributed by atoms with Crippen molar-refractivity contribution in [2.24, 2.45) is 0 Å². The van der Waals surface area contributed by atoms with Crippen molar-refractivity contribution in [1.29, 1.82) is 0 Å². The molecule has 2 aromatic heterocycles. The molecule has 0 saturated heterocycles. The van der Waals surface area contributed by atoms with Gasteiger partial charge in [-0.3, -0.25) is 5.10 Å². The Bertz CT molecular complexity index is 823. The third-order valence-corrected chi connectivity index (χ3v) is 3.07. The van der Waals surface area contributed by atoms with E-state index in [1.54, 1.807) is 0 Å². The normalized spacial score (nSPS) is 14.2. The van der Waals surface area contributed by atoms with E-state index in [1.807, 2.05) is 12.1 Å². The molecule has 3 heterocycles. The lowest BCUT2D eigenvalue weighted by Gasteiger charge is -2.17. The highest BCUT2D eigenvalue weighted by atomic mass is 32.1. The number of fused-ring (bicyclic) bond motifs is 4. The second-order valence-corrected chi connectivity index (χ2v) is 4.39. The number of hydrogen-bond donors (Lipinski definition) is 2. The van der Waals surface area contributed by atoms with Gasteiger partial charge in [0.2, 0.25) is 4.77 Å². The SMILES string of the molecule is S=c1nc2[nH]c3cc4c(cc3c2n[nH]1)OCCO4. The number of ether oxygens (including phenoxy) is 2. The van der Waals surface area contributed by atoms with Crippen LogP contribution in [0, 0.1) is 4.77 Å². The molecule has 3 aromatic rings. The predicted octanol–water partition coefficient (Wildman–Crippen LogP) is 1.94. The Morgan fingerprint density at radius 1 is 1.17 bits per heavy atom. The second kappa shape index (κ2) is 3.42. The Hall–Kier alpha value is -2.15. The van der Waals surface area contributed by atoms with Crippen LogP contribution in [-0.2, 0) is 0 Å². The van der Waals surface area contributed by atoms with Crippen LogP contribution in [0.5, 0.6) is 11.5 Å². The quantitative estimate of drug-likeness (QED) is 0.604. The molecule has 18 heavy (non-hydrogen) atoms. The molecule has 0 unspecified atom stereocenters. The van der Waals surface area contributed by atoms with Crippen molar-refractivity contribution < 1.29 is 9.47 Å². The summed E-state index contributed by atoms with van der Waals surface area (Å²) >= 11 is 4.95. The summed E-state index contributed by atoms with van der Waals surface area (Å²) in [6.45, 7) is 1.13. The van der Waals surface area contributed by atoms with Crippen LogP contribution < -0.4 is 9.47 Å². The van der Waals surface area contributed by atoms with E-state index in [4.69, 9.17) is 21.7 Å². The number of H-pyrrole nitrogens is 2. The standard InChI is InChI=1S/C11H8N4O2S/c18-11-13-10-9(14-15-11)5-3-7-8(4-6(5)12-10)17-2-1-16-7/h3-4H,1-2H2,(H2,12,13,15,18). The van der Waals surface area contributed by atoms with E-state index >= 15 is 0 Å². The van der Waals surface area contributed by atoms with E-state index in [2.05, 4.69) is 20.2 Å². The summed E-state index contributed by atoms with van der Waals surface area (Å²) < 4.78 is 11.4. The maximum absolute atomic E-state index is 5.56. The minimum absolute atomic E-state index is 0.353. The largest absolute Gasteiger partial charge is 0.486 e. The average molecular weight is 260 g/mol. The Labute approximate surface area is 106 Å². The molecule has 90 valence electrons. The Balaban J connectivity index is 2.12. The zero-order valence-electron chi connectivity index (χ0n) is 9.19. The lowest BCUT2D eigenvalue weighted by atomic mass is 10.2. The van der Waals surface area contributed by atoms with Gasteiger partial charge in [0.15, 0.2) is 17.1 Å². The van der Waals surface area contributed by atoms with Gasteiger partial charge >= 0.3 is 0 Å². The summed E-state index contributed by atoms with van der Waals surface area (Å²) in [5.74, 6) is 1.47. The first-order chi connectivity index (χ1) is 8.81. The highest BCUT2D eigenvalue weighted by Gasteiger charge is 2.16. The number of aromatic amines is 2. The number of nitrogens with zero attached hydrogens (tertiary/aromatic N) is 2. The van der Waals surface area contributed by atoms with Gasteiger partial charge < -0.3 is 14.5 Å². The van der Waals surface area contributed by atoms with Crippen LogP contribution in [-0.4, -0.2) is 33.4 Å². The molecule has 1 aliphatic rings. The minimum atomic E-state index is 0.353. The fourth-order valence-electron chi connectivity index (χ4n) is 2.13. The number of rotatable bonds is 0. The fraction of sp³-hybridized carbons (Fsp3) is 0.182. The van der Waals surface area contributed by atoms with E-state index in [1.165, 1.54) is 0 Å². The predicted molar refractivity (Wildman–Crippen MR) is 67.6 cm³/mol. The topological polar surface area (TPSA) is 75.8 Å². The molecular weight excluding hydrogens is 252 g/mol. The highest BCUT2D eigenvalue weighted by Crippen LogP contribution is 2.36. The van der Waals surface area contributed by atoms with Gasteiger partial charge in [0.05, 0.1) is 5.52 Å². The Kier molecular flexibility index (Phi) is 1.87. The summed E-state index contributed by atoms with van der Waals surface area (Å²) in [6.07, 6.45) is 0. The van der Waals surface area contributed by atoms with Gasteiger partial charge in [-0.05, 0) is 18.3 Å². The summed E-state index contributed by atoms with van der Waals surface area (Å²) in [7, 11) is 0. The number of nitrogens with one attached hydrogen (secondary N) is 2. The molecule has 0 radical (unpaired) electrons. The zero-order valence-corrected chi connectivity index (χ0v) is 10.0. The molecular formula is C11H8N4O2S. The van der Waals surface area contributed by atoms with E-state index in [0.717, 1.165) is 27.9 Å². The van der Waals surface area contributed by atoms with Crippen LogP contribution >= 0.6 is 12.2 Å². The van der Waals surface area contributed by atoms with Crippen LogP contribution in [0.25, 0.3) is 22.1 Å². The zero-order chi connectivity index (χ0) is 12.1. The molecule has 0 bridgehead atoms. The molecule has 2 N–H and O–H groups in total. The number of hydrogen-bond acceptors (Lipinski definition) is 5. The Morgan fingerprint density at radius 3 is 2.78 bits per heavy atom. The summed E-state index contributed by atoms with van der Waals surface area (Å²) in [5, 5.41) is 7.83. The Morgan fingerprint density at radius 2 is 1.94 bits per heavy atom. The third kappa shape index (κ3) is 1.31. The molecule has 0 saturated carbocycles. The smallest absolute Gasteiger partial charge is 0.215 e. The summed E-state index contributed by atoms with van der Waals surface area (Å²) in [6, 6.07) is 3.81. The van der Waals surface area contributed by atoms with Gasteiger partial charge in [-0.15, -0.1) is 0 Å². The maximum Gasteiger partial charge on any atom is 0.215 e. The molecule has 0 spiro atoms. The third-order valence-electron chi connectivity index (χ3n) is 2.89. The first-order valence-electron chi connectivity index (χ1n) is 5.49. The van der Waals surface area contributed by atoms with Gasteiger partial charge in [-0.25, -0.2) is 0 Å². The summed E-state index contributed by atoms with van der Waals surface area (Å²) in [5.41, 5.74) is 2.31. The first kappa shape index (κ1) is 9.84. The lowest BCUT2D eigenvalue weighted by Crippen LogP contribution is -2.15. The van der Waals surface area contributed by atoms with Gasteiger partial charge in [0.25, 0.3) is 0 Å². The van der Waals surface area contributed by atoms with Crippen LogP contribution in [0.15, 0.2) is 12.1 Å². The minimum Gasteiger partial charge on any atom is -0.486 e. The van der Waals surface area contributed by atoms with Crippen molar-refractivity contribution >= 4 is 34.3 Å². The number of aromatic nitrogens is 4. The van der Waals surface area contributed by atoms with Gasteiger partial charge in [0, 0.05) is 11.5 Å². The van der Waals surface area contributed by atoms with Crippen molar-refractivity contribution in [3.8, 4) is 11.5 Å². The fourth-order valence-corrected chi connectivity index (χ4v) is 2.26. The van der Waals surface area contributed by atoms with Crippen molar-refractivity contribution in [2.45, 2.75) is 0 Å². The van der Waals surface area contributed by atoms with E-state index < -0.39 is 0 Å². The molecule has 0 atom stereocenters. The average Bonchev–Trinajstić information content (AvgIpc) is 2.72. The van der Waals surface area contributed by atoms with Crippen molar-refractivity contribution in [1.82, 2.24) is 20.2 Å². The molecule has 1 aliphatic heterocycles. The molecule has 4 rings (SSSR count). The van der Waals surface area contributed by atoms with Crippen LogP contribution in [0.1, 0.15) is 0 Å². The molecule has 1 aromatic carbocycles. The first-order valence-corrected chi connectivity index (χ1v) is 5.90. The van der Waals surface area contributed by atoms with Crippen LogP contribution in [0.2, 0.25) is 0 Å². The summed E-state index contributed by atoms with van der Waals surface area (Å²) in [4.78, 5) is 7.37. The second-order valence-electron chi connectivity index (χ2n) is 4.00. The van der Waals surface area contributed by atoms with E-state index in [9.17, 15) is 0 Å². The van der Waals surface area contributed by atoms with Crippen molar-refractivity contribution in [2.75, 3.05) is 13.2 Å². The van der Waals surface area contributed by atoms with Gasteiger partial charge in [-0.1, -0.05) is 0 Å². The maximum atomic E-state index is 5.56. The van der Waals surface area contributed by atoms with E-state index in [0.29, 0.717) is 23.6 Å². The van der Waals surface area contributed by atoms with Crippen LogP contribution in [0.3, 0.4) is 0 Å². The molecule has 0 aliphatic carbocycles. The van der Waals surface area contributed by atoms with Crippen LogP contribution in [0.4, 0.5) is 0 Å². The molecule has 0 fully saturated rings. The molecule has 6 nitrogen and oxygen atoms in total. The molecule has 7 heteroatoms. The van der Waals surface area contributed by atoms with Gasteiger partial charge in [0.1, 0.15) is 18.7 Å². The monoisotopic (exact) mass is 260 g/mol. The van der Waals surface area contributed by atoms with Gasteiger partial charge in [-0.2, -0.15) is 10.1 Å².